The van der Waals surface area contributed by atoms with E-state index in [1.54, 1.807) is 20.1 Å². The topological polar surface area (TPSA) is 48.7 Å². The quantitative estimate of drug-likeness (QED) is 0.708. The van der Waals surface area contributed by atoms with Crippen molar-refractivity contribution in [3.63, 3.8) is 0 Å². The van der Waals surface area contributed by atoms with Crippen molar-refractivity contribution in [2.75, 3.05) is 7.11 Å². The van der Waals surface area contributed by atoms with Crippen molar-refractivity contribution in [2.24, 2.45) is 0 Å². The second-order valence-electron chi connectivity index (χ2n) is 5.72. The number of rotatable bonds is 2. The fraction of sp³-hybridized carbons (Fsp3) is 0.150. The Hall–Kier alpha value is -3.01. The predicted molar refractivity (Wildman–Crippen MR) is 92.6 cm³/mol. The number of benzene rings is 2. The van der Waals surface area contributed by atoms with E-state index in [0.717, 1.165) is 11.1 Å². The highest BCUT2D eigenvalue weighted by atomic mass is 16.5. The average Bonchev–Trinajstić information content (AvgIpc) is 2.60. The summed E-state index contributed by atoms with van der Waals surface area (Å²) >= 11 is 0. The van der Waals surface area contributed by atoms with Crippen LogP contribution in [0.25, 0.3) is 17.0 Å². The van der Waals surface area contributed by atoms with Gasteiger partial charge in [-0.15, -0.1) is 0 Å². The summed E-state index contributed by atoms with van der Waals surface area (Å²) in [5.41, 5.74) is 2.17. The van der Waals surface area contributed by atoms with Gasteiger partial charge in [0, 0.05) is 12.1 Å². The Balaban J connectivity index is 1.91. The number of hydrogen-bond acceptors (Lipinski definition) is 4. The SMILES string of the molecule is COc1c2c(cc3oc(C)cc(=O)c13)OC(c1ccccc1)C=C2. The Morgan fingerprint density at radius 1 is 1.12 bits per heavy atom. The number of aryl methyl sites for hydroxylation is 1. The van der Waals surface area contributed by atoms with E-state index in [-0.39, 0.29) is 11.5 Å². The van der Waals surface area contributed by atoms with Gasteiger partial charge in [0.15, 0.2) is 5.43 Å². The lowest BCUT2D eigenvalue weighted by Crippen LogP contribution is -2.11. The van der Waals surface area contributed by atoms with Crippen LogP contribution < -0.4 is 14.9 Å². The fourth-order valence-corrected chi connectivity index (χ4v) is 3.05. The van der Waals surface area contributed by atoms with Crippen molar-refractivity contribution in [1.29, 1.82) is 0 Å². The normalized spacial score (nSPS) is 15.8. The maximum absolute atomic E-state index is 12.3. The first-order valence-corrected chi connectivity index (χ1v) is 7.72. The van der Waals surface area contributed by atoms with E-state index in [2.05, 4.69) is 0 Å². The summed E-state index contributed by atoms with van der Waals surface area (Å²) in [6.45, 7) is 1.75. The smallest absolute Gasteiger partial charge is 0.196 e. The highest BCUT2D eigenvalue weighted by molar-refractivity contribution is 5.91. The fourth-order valence-electron chi connectivity index (χ4n) is 3.05. The van der Waals surface area contributed by atoms with E-state index < -0.39 is 0 Å². The minimum absolute atomic E-state index is 0.119. The second-order valence-corrected chi connectivity index (χ2v) is 5.72. The van der Waals surface area contributed by atoms with Gasteiger partial charge in [-0.25, -0.2) is 0 Å². The van der Waals surface area contributed by atoms with Crippen molar-refractivity contribution in [3.8, 4) is 11.5 Å². The first kappa shape index (κ1) is 14.6. The second kappa shape index (κ2) is 5.57. The molecule has 3 aromatic rings. The number of fused-ring (bicyclic) bond motifs is 2. The van der Waals surface area contributed by atoms with Crippen LogP contribution in [0.15, 0.2) is 57.8 Å². The summed E-state index contributed by atoms with van der Waals surface area (Å²) in [5.74, 6) is 1.68. The van der Waals surface area contributed by atoms with Crippen LogP contribution in [0.2, 0.25) is 0 Å². The van der Waals surface area contributed by atoms with Crippen LogP contribution in [0.5, 0.6) is 11.5 Å². The van der Waals surface area contributed by atoms with Crippen LogP contribution in [0.3, 0.4) is 0 Å². The Bertz CT molecular complexity index is 1000. The van der Waals surface area contributed by atoms with Crippen LogP contribution in [0.1, 0.15) is 23.0 Å². The predicted octanol–water partition coefficient (Wildman–Crippen LogP) is 4.26. The summed E-state index contributed by atoms with van der Waals surface area (Å²) in [6.07, 6.45) is 3.72. The standard InChI is InChI=1S/C20H16O4/c1-12-10-15(21)19-18(23-12)11-17-14(20(19)22-2)8-9-16(24-17)13-6-4-3-5-7-13/h3-11,16H,1-2H3. The van der Waals surface area contributed by atoms with Crippen LogP contribution in [0, 0.1) is 6.92 Å². The molecule has 0 aliphatic carbocycles. The molecule has 0 spiro atoms. The van der Waals surface area contributed by atoms with Gasteiger partial charge in [-0.05, 0) is 24.6 Å². The van der Waals surface area contributed by atoms with Gasteiger partial charge in [0.05, 0.1) is 12.7 Å². The van der Waals surface area contributed by atoms with E-state index in [0.29, 0.717) is 28.2 Å². The van der Waals surface area contributed by atoms with Crippen molar-refractivity contribution in [3.05, 3.63) is 75.7 Å². The number of methoxy groups -OCH3 is 1. The molecule has 0 bridgehead atoms. The molecule has 120 valence electrons. The highest BCUT2D eigenvalue weighted by Gasteiger charge is 2.23. The van der Waals surface area contributed by atoms with Crippen molar-refractivity contribution < 1.29 is 13.9 Å². The van der Waals surface area contributed by atoms with E-state index in [1.165, 1.54) is 6.07 Å². The molecule has 0 amide bonds. The first-order valence-electron chi connectivity index (χ1n) is 7.72. The molecule has 0 fully saturated rings. The molecule has 0 N–H and O–H groups in total. The Labute approximate surface area is 138 Å². The third-order valence-electron chi connectivity index (χ3n) is 4.12. The molecule has 0 radical (unpaired) electrons. The van der Waals surface area contributed by atoms with Gasteiger partial charge >= 0.3 is 0 Å². The lowest BCUT2D eigenvalue weighted by atomic mass is 10.0. The van der Waals surface area contributed by atoms with Gasteiger partial charge in [-0.3, -0.25) is 4.79 Å². The maximum Gasteiger partial charge on any atom is 0.196 e. The van der Waals surface area contributed by atoms with Crippen LogP contribution in [0.4, 0.5) is 0 Å². The van der Waals surface area contributed by atoms with Gasteiger partial charge < -0.3 is 13.9 Å². The van der Waals surface area contributed by atoms with Crippen molar-refractivity contribution in [2.45, 2.75) is 13.0 Å². The van der Waals surface area contributed by atoms with Crippen LogP contribution in [-0.2, 0) is 0 Å². The molecule has 4 nitrogen and oxygen atoms in total. The molecule has 1 aliphatic rings. The van der Waals surface area contributed by atoms with Crippen LogP contribution >= 0.6 is 0 Å². The Kier molecular flexibility index (Phi) is 3.38. The summed E-state index contributed by atoms with van der Waals surface area (Å²) in [7, 11) is 1.55. The molecule has 2 aromatic carbocycles. The summed E-state index contributed by atoms with van der Waals surface area (Å²) < 4.78 is 17.3. The minimum atomic E-state index is -0.183. The maximum atomic E-state index is 12.3. The number of ether oxygens (including phenoxy) is 2. The summed E-state index contributed by atoms with van der Waals surface area (Å²) in [4.78, 5) is 12.3. The van der Waals surface area contributed by atoms with Gasteiger partial charge in [0.25, 0.3) is 0 Å². The monoisotopic (exact) mass is 320 g/mol. The molecular formula is C20H16O4. The van der Waals surface area contributed by atoms with Gasteiger partial charge in [0.2, 0.25) is 0 Å². The lowest BCUT2D eigenvalue weighted by molar-refractivity contribution is 0.250. The van der Waals surface area contributed by atoms with E-state index in [9.17, 15) is 4.79 Å². The third-order valence-corrected chi connectivity index (χ3v) is 4.12. The van der Waals surface area contributed by atoms with Gasteiger partial charge in [-0.1, -0.05) is 30.3 Å². The highest BCUT2D eigenvalue weighted by Crippen LogP contribution is 2.41. The largest absolute Gasteiger partial charge is 0.495 e. The van der Waals surface area contributed by atoms with Crippen molar-refractivity contribution in [1.82, 2.24) is 0 Å². The zero-order valence-electron chi connectivity index (χ0n) is 13.4. The van der Waals surface area contributed by atoms with Crippen molar-refractivity contribution >= 4 is 17.0 Å². The number of hydrogen-bond donors (Lipinski definition) is 0. The third kappa shape index (κ3) is 2.27. The van der Waals surface area contributed by atoms with E-state index in [4.69, 9.17) is 13.9 Å². The van der Waals surface area contributed by atoms with Gasteiger partial charge in [-0.2, -0.15) is 0 Å². The zero-order valence-corrected chi connectivity index (χ0v) is 13.4. The molecule has 1 aliphatic heterocycles. The molecule has 1 aromatic heterocycles. The molecule has 1 atom stereocenters. The molecule has 1 unspecified atom stereocenters. The summed E-state index contributed by atoms with van der Waals surface area (Å²) in [5, 5.41) is 0.438. The minimum Gasteiger partial charge on any atom is -0.495 e. The molecule has 0 saturated carbocycles. The molecule has 24 heavy (non-hydrogen) atoms. The van der Waals surface area contributed by atoms with Crippen LogP contribution in [-0.4, -0.2) is 7.11 Å². The Morgan fingerprint density at radius 3 is 2.67 bits per heavy atom. The average molecular weight is 320 g/mol. The van der Waals surface area contributed by atoms with E-state index in [1.807, 2.05) is 42.5 Å². The molecule has 4 rings (SSSR count). The van der Waals surface area contributed by atoms with Gasteiger partial charge in [0.1, 0.15) is 34.3 Å². The molecule has 2 heterocycles. The lowest BCUT2D eigenvalue weighted by Gasteiger charge is -2.23. The molecule has 4 heteroatoms. The molecule has 0 saturated heterocycles. The zero-order chi connectivity index (χ0) is 16.7. The molecular weight excluding hydrogens is 304 g/mol. The summed E-state index contributed by atoms with van der Waals surface area (Å²) in [6, 6.07) is 13.2. The Morgan fingerprint density at radius 2 is 1.92 bits per heavy atom. The van der Waals surface area contributed by atoms with E-state index >= 15 is 0 Å². The first-order chi connectivity index (χ1) is 11.7.